The molecule has 2 aliphatic carbocycles. The van der Waals surface area contributed by atoms with Crippen molar-refractivity contribution in [2.45, 2.75) is 139 Å². The fourth-order valence-electron chi connectivity index (χ4n) is 12.1. The highest BCUT2D eigenvalue weighted by Gasteiger charge is 2.44. The number of likely N-dealkylation sites (tertiary alicyclic amines) is 2. The van der Waals surface area contributed by atoms with E-state index in [-0.39, 0.29) is 47.9 Å². The van der Waals surface area contributed by atoms with E-state index in [9.17, 15) is 19.2 Å². The number of ether oxygens (including phenoxy) is 3. The minimum Gasteiger partial charge on any atom is -0.453 e. The van der Waals surface area contributed by atoms with Gasteiger partial charge in [-0.3, -0.25) is 9.59 Å². The van der Waals surface area contributed by atoms with E-state index < -0.39 is 24.3 Å². The largest absolute Gasteiger partial charge is 0.453 e. The lowest BCUT2D eigenvalue weighted by Crippen LogP contribution is -2.52. The molecule has 344 valence electrons. The summed E-state index contributed by atoms with van der Waals surface area (Å²) in [6, 6.07) is 11.3. The standard InChI is InChI=1S/C50H62N8O7/c1-63-49(61)55-43(31-11-5-3-6-12-31)47(59)57-25-9-15-37(57)45-51-27-35(53-45)30-19-17-29(18-20-30)33-21-22-34(42-40-24-23-39(65-40)41(33)42)36-28-52-46(54-36)38-16-10-26-58(38)48(60)44(56-50(62)64-2)32-13-7-4-8-14-32/h17-22,27-28,31-32,37-40,43-44H,3-16,23-26H2,1-2H3,(H,51,53)(H,52,54)(H,55,61)(H,56,62)/t37?,38-,39?,40?,43-,44-/m0/s1. The SMILES string of the molecule is COC(=O)N[C@H](C(=O)N1CCCC1c1ncc(-c2ccc(-c3ccc(-c4cnc([C@@H]5CCCN5C(=O)[C@@H](NC(=O)OC)C5CCCCC5)[nH]4)c4c3C3CCC4O3)cc2)[nH]1)C1CCCCC1. The number of alkyl carbamates (subject to hydrolysis) is 2. The molecular formula is C50H62N8O7. The zero-order valence-corrected chi connectivity index (χ0v) is 37.6. The second-order valence-electron chi connectivity index (χ2n) is 19.0. The van der Waals surface area contributed by atoms with Gasteiger partial charge in [-0.1, -0.05) is 74.9 Å². The Morgan fingerprint density at radius 1 is 0.585 bits per heavy atom. The smallest absolute Gasteiger partial charge is 0.407 e. The quantitative estimate of drug-likeness (QED) is 0.114. The van der Waals surface area contributed by atoms with Crippen LogP contribution in [-0.2, 0) is 23.8 Å². The number of imidazole rings is 2. The van der Waals surface area contributed by atoms with Crippen molar-refractivity contribution in [3.05, 3.63) is 71.6 Å². The minimum absolute atomic E-state index is 0.000758. The van der Waals surface area contributed by atoms with Crippen molar-refractivity contribution >= 4 is 24.0 Å². The van der Waals surface area contributed by atoms with Crippen molar-refractivity contribution < 1.29 is 33.4 Å². The summed E-state index contributed by atoms with van der Waals surface area (Å²) in [5.74, 6) is 1.58. The fourth-order valence-corrected chi connectivity index (χ4v) is 12.1. The van der Waals surface area contributed by atoms with Crippen LogP contribution in [0.15, 0.2) is 48.8 Å². The van der Waals surface area contributed by atoms with Gasteiger partial charge in [0.15, 0.2) is 0 Å². The lowest BCUT2D eigenvalue weighted by atomic mass is 9.82. The number of carbonyl (C=O) groups is 4. The number of hydrogen-bond acceptors (Lipinski definition) is 9. The van der Waals surface area contributed by atoms with Crippen LogP contribution in [0.1, 0.15) is 150 Å². The molecule has 2 saturated carbocycles. The molecule has 10 rings (SSSR count). The van der Waals surface area contributed by atoms with E-state index in [0.717, 1.165) is 148 Å². The van der Waals surface area contributed by atoms with Crippen LogP contribution in [-0.4, -0.2) is 93.1 Å². The number of methoxy groups -OCH3 is 2. The van der Waals surface area contributed by atoms with Gasteiger partial charge in [-0.2, -0.15) is 0 Å². The number of nitrogens with one attached hydrogen (secondary N) is 4. The molecule has 4 aromatic rings. The third kappa shape index (κ3) is 8.40. The molecule has 2 bridgehead atoms. The van der Waals surface area contributed by atoms with Crippen molar-refractivity contribution in [2.75, 3.05) is 27.3 Å². The molecule has 15 heteroatoms. The summed E-state index contributed by atoms with van der Waals surface area (Å²) in [5, 5.41) is 5.78. The van der Waals surface area contributed by atoms with Crippen LogP contribution in [0.2, 0.25) is 0 Å². The van der Waals surface area contributed by atoms with Gasteiger partial charge in [0.1, 0.15) is 23.7 Å². The zero-order chi connectivity index (χ0) is 44.6. The van der Waals surface area contributed by atoms with Crippen LogP contribution in [0.5, 0.6) is 0 Å². The number of nitrogens with zero attached hydrogens (tertiary/aromatic N) is 4. The molecule has 3 saturated heterocycles. The van der Waals surface area contributed by atoms with Crippen LogP contribution in [0.3, 0.4) is 0 Å². The molecule has 6 aliphatic rings. The predicted octanol–water partition coefficient (Wildman–Crippen LogP) is 8.98. The Hall–Kier alpha value is -5.70. The third-order valence-electron chi connectivity index (χ3n) is 15.3. The molecule has 4 amide bonds. The zero-order valence-electron chi connectivity index (χ0n) is 37.6. The minimum atomic E-state index is -0.615. The van der Waals surface area contributed by atoms with Crippen molar-refractivity contribution in [1.82, 2.24) is 40.4 Å². The number of carbonyl (C=O) groups excluding carboxylic acids is 4. The van der Waals surface area contributed by atoms with Crippen LogP contribution < -0.4 is 10.6 Å². The first-order valence-corrected chi connectivity index (χ1v) is 24.1. The van der Waals surface area contributed by atoms with E-state index in [2.05, 4.69) is 57.0 Å². The van der Waals surface area contributed by atoms with Gasteiger partial charge in [-0.15, -0.1) is 0 Å². The van der Waals surface area contributed by atoms with E-state index in [1.165, 1.54) is 25.3 Å². The number of H-pyrrole nitrogens is 2. The number of aromatic amines is 2. The summed E-state index contributed by atoms with van der Waals surface area (Å²) < 4.78 is 16.5. The van der Waals surface area contributed by atoms with Crippen LogP contribution in [0.4, 0.5) is 9.59 Å². The fraction of sp³-hybridized carbons (Fsp3) is 0.560. The van der Waals surface area contributed by atoms with E-state index in [0.29, 0.717) is 13.1 Å². The molecule has 4 N–H and O–H groups in total. The van der Waals surface area contributed by atoms with Crippen LogP contribution in [0, 0.1) is 11.8 Å². The molecule has 5 fully saturated rings. The molecule has 6 heterocycles. The van der Waals surface area contributed by atoms with E-state index in [4.69, 9.17) is 24.2 Å². The maximum absolute atomic E-state index is 14.2. The van der Waals surface area contributed by atoms with E-state index in [1.807, 2.05) is 22.2 Å². The number of fused-ring (bicyclic) bond motifs is 5. The molecule has 2 aromatic heterocycles. The molecule has 2 aromatic carbocycles. The predicted molar refractivity (Wildman–Crippen MR) is 242 cm³/mol. The second-order valence-corrected chi connectivity index (χ2v) is 19.0. The van der Waals surface area contributed by atoms with Gasteiger partial charge in [0.05, 0.1) is 62.3 Å². The molecule has 6 atom stereocenters. The first-order valence-electron chi connectivity index (χ1n) is 24.1. The Labute approximate surface area is 380 Å². The highest BCUT2D eigenvalue weighted by Crippen LogP contribution is 2.56. The Bertz CT molecular complexity index is 2380. The molecule has 0 spiro atoms. The maximum Gasteiger partial charge on any atom is 0.407 e. The number of amides is 4. The molecule has 3 unspecified atom stereocenters. The van der Waals surface area contributed by atoms with Gasteiger partial charge in [0.25, 0.3) is 0 Å². The molecule has 65 heavy (non-hydrogen) atoms. The first-order chi connectivity index (χ1) is 31.8. The van der Waals surface area contributed by atoms with Crippen LogP contribution >= 0.6 is 0 Å². The first kappa shape index (κ1) is 43.2. The summed E-state index contributed by atoms with van der Waals surface area (Å²) in [6.07, 6.45) is 18.1. The number of benzene rings is 2. The number of rotatable bonds is 11. The van der Waals surface area contributed by atoms with E-state index in [1.54, 1.807) is 0 Å². The van der Waals surface area contributed by atoms with Gasteiger partial charge in [0.2, 0.25) is 11.8 Å². The van der Waals surface area contributed by atoms with Gasteiger partial charge in [-0.25, -0.2) is 19.6 Å². The average molecular weight is 887 g/mol. The number of hydrogen-bond donors (Lipinski definition) is 4. The second kappa shape index (κ2) is 18.7. The molecule has 15 nitrogen and oxygen atoms in total. The number of aromatic nitrogens is 4. The van der Waals surface area contributed by atoms with Crippen molar-refractivity contribution in [3.8, 4) is 33.6 Å². The lowest BCUT2D eigenvalue weighted by molar-refractivity contribution is -0.136. The van der Waals surface area contributed by atoms with Gasteiger partial charge < -0.3 is 44.6 Å². The summed E-state index contributed by atoms with van der Waals surface area (Å²) in [5.41, 5.74) is 8.55. The average Bonchev–Trinajstić information content (AvgIpc) is 4.22. The van der Waals surface area contributed by atoms with Gasteiger partial charge in [0, 0.05) is 18.7 Å². The van der Waals surface area contributed by atoms with Gasteiger partial charge in [-0.05, 0) is 104 Å². The Morgan fingerprint density at radius 2 is 1.05 bits per heavy atom. The third-order valence-corrected chi connectivity index (χ3v) is 15.3. The van der Waals surface area contributed by atoms with Crippen molar-refractivity contribution in [1.29, 1.82) is 0 Å². The normalized spacial score (nSPS) is 24.2. The summed E-state index contributed by atoms with van der Waals surface area (Å²) >= 11 is 0. The molecule has 4 aliphatic heterocycles. The molecule has 0 radical (unpaired) electrons. The summed E-state index contributed by atoms with van der Waals surface area (Å²) in [4.78, 5) is 73.8. The molecular weight excluding hydrogens is 825 g/mol. The lowest BCUT2D eigenvalue weighted by Gasteiger charge is -2.34. The van der Waals surface area contributed by atoms with E-state index >= 15 is 0 Å². The highest BCUT2D eigenvalue weighted by molar-refractivity contribution is 5.87. The Balaban J connectivity index is 0.864. The van der Waals surface area contributed by atoms with Crippen molar-refractivity contribution in [3.63, 3.8) is 0 Å². The summed E-state index contributed by atoms with van der Waals surface area (Å²) in [6.45, 7) is 1.24. The van der Waals surface area contributed by atoms with Crippen molar-refractivity contribution in [2.24, 2.45) is 11.8 Å². The Morgan fingerprint density at radius 3 is 1.57 bits per heavy atom. The topological polar surface area (TPSA) is 184 Å². The maximum atomic E-state index is 14.2. The van der Waals surface area contributed by atoms with Crippen LogP contribution in [0.25, 0.3) is 33.6 Å². The highest BCUT2D eigenvalue weighted by atomic mass is 16.5. The monoisotopic (exact) mass is 886 g/mol. The van der Waals surface area contributed by atoms with Gasteiger partial charge >= 0.3 is 12.2 Å². The summed E-state index contributed by atoms with van der Waals surface area (Å²) in [7, 11) is 2.68. The Kier molecular flexibility index (Phi) is 12.4.